The minimum absolute atomic E-state index is 0.267. The third-order valence-electron chi connectivity index (χ3n) is 13.2. The van der Waals surface area contributed by atoms with Crippen molar-refractivity contribution in [3.05, 3.63) is 0 Å². The van der Waals surface area contributed by atoms with E-state index in [4.69, 9.17) is 52.1 Å². The monoisotopic (exact) mass is 1840 g/mol. The number of methoxy groups -OCH3 is 2. The first-order valence-corrected chi connectivity index (χ1v) is 42.7. The van der Waals surface area contributed by atoms with Crippen LogP contribution in [0.1, 0.15) is 0 Å². The molecule has 1 unspecified atom stereocenters. The average Bonchev–Trinajstić information content (AvgIpc) is 0.755. The number of hydrogen-bond acceptors (Lipinski definition) is 50. The van der Waals surface area contributed by atoms with Gasteiger partial charge in [0.2, 0.25) is 0 Å². The van der Waals surface area contributed by atoms with E-state index in [9.17, 15) is 181 Å². The lowest BCUT2D eigenvalue weighted by atomic mass is 9.95. The molecule has 108 heavy (non-hydrogen) atoms. The molecule has 5 heterocycles. The van der Waals surface area contributed by atoms with Gasteiger partial charge in [0.15, 0.2) is 74.2 Å². The molecule has 15 N–H and O–H groups in total. The highest BCUT2D eigenvalue weighted by Gasteiger charge is 2.64. The van der Waals surface area contributed by atoms with Gasteiger partial charge in [-0.15, -0.1) is 0 Å². The van der Waals surface area contributed by atoms with Gasteiger partial charge in [-0.05, 0) is 0 Å². The number of aliphatic hydroxyl groups is 1. The van der Waals surface area contributed by atoms with Gasteiger partial charge < -0.3 is 67.4 Å². The molecular formula is C32H52O64S12. The summed E-state index contributed by atoms with van der Waals surface area (Å²) < 4.78 is 520. The van der Waals surface area contributed by atoms with E-state index < -0.39 is 310 Å². The Morgan fingerprint density at radius 2 is 0.463 bits per heavy atom. The number of rotatable bonds is 39. The first-order valence-electron chi connectivity index (χ1n) is 26.3. The second-order valence-corrected chi connectivity index (χ2v) is 33.2. The van der Waals surface area contributed by atoms with Crippen molar-refractivity contribution in [2.24, 2.45) is 0 Å². The molecule has 636 valence electrons. The predicted octanol–water partition coefficient (Wildman–Crippen LogP) is -12.5. The summed E-state index contributed by atoms with van der Waals surface area (Å²) in [5.41, 5.74) is 0. The largest absolute Gasteiger partial charge is 0.479 e. The summed E-state index contributed by atoms with van der Waals surface area (Å²) in [6.07, 6.45) is -83.6. The fourth-order valence-electron chi connectivity index (χ4n) is 9.98. The molecule has 5 saturated heterocycles. The van der Waals surface area contributed by atoms with Gasteiger partial charge in [-0.2, -0.15) is 101 Å². The molecule has 0 aromatic carbocycles. The highest BCUT2D eigenvalue weighted by Crippen LogP contribution is 2.42. The number of ether oxygens (including phenoxy) is 11. The first kappa shape index (κ1) is 95.5. The summed E-state index contributed by atoms with van der Waals surface area (Å²) in [6.45, 7) is -6.23. The van der Waals surface area contributed by atoms with Crippen molar-refractivity contribution in [3.63, 3.8) is 0 Å². The predicted molar refractivity (Wildman–Crippen MR) is 302 cm³/mol. The second-order valence-electron chi connectivity index (χ2n) is 20.5. The van der Waals surface area contributed by atoms with Gasteiger partial charge in [0.1, 0.15) is 79.4 Å². The fourth-order valence-corrected chi connectivity index (χ4v) is 15.3. The van der Waals surface area contributed by atoms with Crippen molar-refractivity contribution in [2.75, 3.05) is 34.0 Å². The van der Waals surface area contributed by atoms with Crippen LogP contribution < -0.4 is 0 Å². The normalized spacial score (nSPS) is 35.0. The summed E-state index contributed by atoms with van der Waals surface area (Å²) in [4.78, 5) is 26.6. The molecule has 5 fully saturated rings. The van der Waals surface area contributed by atoms with Crippen LogP contribution in [0.15, 0.2) is 0 Å². The lowest BCUT2D eigenvalue weighted by Crippen LogP contribution is -2.70. The van der Waals surface area contributed by atoms with E-state index in [1.54, 1.807) is 0 Å². The van der Waals surface area contributed by atoms with Crippen LogP contribution in [0.4, 0.5) is 0 Å². The average molecular weight is 1850 g/mol. The van der Waals surface area contributed by atoms with Crippen molar-refractivity contribution in [2.45, 2.75) is 154 Å². The van der Waals surface area contributed by atoms with E-state index in [0.29, 0.717) is 7.11 Å². The molecule has 5 rings (SSSR count). The number of carboxylic acids is 2. The standard InChI is InChI=1S/C32H52O64S12/c1-74-12-14(19(26(33)34)86-31(22(12)93-105(62,63)64)82-9-6(3-76-97(38,39)40)79-28(37)21(92-104(59,60)61)16(9)89-101(50,51)52)84-29-24(95-107(68,69)70)17(90-102(53,54)55)10(7(80-29)4-77-98(41,42)43)83-32-23(94-106(65,66)67)13(75-2)15(20(87-32)27(35)36)85-30-25(96-108(71,72)73)18(91-103(56,57)58)11(88-100(47,48)49)8(81-30)5-78-99(44,45)46/h6-25,28-32,37H,3-5H2,1-2H3,(H,33,34)(H,35,36)(H,38,39,40)(H,41,42,43)(H,44,45,46)(H,47,48,49)(H,50,51,52)(H,53,54,55)(H,56,57,58)(H,59,60,61)(H,62,63,64)(H,65,66,67)(H,68,69,70)(H,71,72,73)/t6-,7-,8-,9-,10-,11-,12+,13+,14+,15+,16+,17+,18+,19-,20+,21-,22-,23-,24-,25-,28?,29-,30-,31-,32-/m1/s1. The van der Waals surface area contributed by atoms with E-state index in [-0.39, 0.29) is 7.11 Å². The van der Waals surface area contributed by atoms with Crippen molar-refractivity contribution in [3.8, 4) is 0 Å². The lowest BCUT2D eigenvalue weighted by Gasteiger charge is -2.50. The molecule has 0 bridgehead atoms. The van der Waals surface area contributed by atoms with E-state index in [1.165, 1.54) is 0 Å². The Labute approximate surface area is 603 Å². The number of hydrogen-bond donors (Lipinski definition) is 15. The third-order valence-corrected chi connectivity index (χ3v) is 18.7. The minimum atomic E-state index is -6.66. The molecule has 5 aliphatic heterocycles. The third kappa shape index (κ3) is 30.3. The summed E-state index contributed by atoms with van der Waals surface area (Å²) >= 11 is 0. The molecule has 0 saturated carbocycles. The Bertz CT molecular complexity index is 4620. The Morgan fingerprint density at radius 3 is 0.722 bits per heavy atom. The van der Waals surface area contributed by atoms with Gasteiger partial charge in [0.25, 0.3) is 0 Å². The zero-order valence-corrected chi connectivity index (χ0v) is 61.0. The maximum absolute atomic E-state index is 13.3. The van der Waals surface area contributed by atoms with Crippen molar-refractivity contribution in [1.29, 1.82) is 0 Å². The summed E-state index contributed by atoms with van der Waals surface area (Å²) in [7, 11) is -74.8. The number of aliphatic carboxylic acids is 2. The zero-order chi connectivity index (χ0) is 83.0. The quantitative estimate of drug-likeness (QED) is 0.0254. The lowest BCUT2D eigenvalue weighted by molar-refractivity contribution is -0.382. The molecule has 64 nitrogen and oxygen atoms in total. The molecule has 0 radical (unpaired) electrons. The van der Waals surface area contributed by atoms with Crippen molar-refractivity contribution >= 4 is 137 Å². The molecule has 0 aliphatic carbocycles. The Kier molecular flexibility index (Phi) is 31.4. The molecule has 25 atom stereocenters. The van der Waals surface area contributed by atoms with Gasteiger partial charge in [-0.25, -0.2) is 59.8 Å². The molecule has 0 amide bonds. The Morgan fingerprint density at radius 1 is 0.259 bits per heavy atom. The van der Waals surface area contributed by atoms with Gasteiger partial charge in [0.05, 0.1) is 19.8 Å². The van der Waals surface area contributed by atoms with Crippen LogP contribution in [0.5, 0.6) is 0 Å². The molecule has 5 aliphatic rings. The zero-order valence-electron chi connectivity index (χ0n) is 51.2. The Hall–Kier alpha value is -3.10. The van der Waals surface area contributed by atoms with Gasteiger partial charge in [0, 0.05) is 14.2 Å². The molecule has 0 aromatic rings. The summed E-state index contributed by atoms with van der Waals surface area (Å²) in [6, 6.07) is 0. The van der Waals surface area contributed by atoms with Crippen LogP contribution >= 0.6 is 0 Å². The Balaban J connectivity index is 1.76. The first-order chi connectivity index (χ1) is 48.4. The molecule has 76 heteroatoms. The van der Waals surface area contributed by atoms with Crippen molar-refractivity contribution in [1.82, 2.24) is 0 Å². The number of carbonyl (C=O) groups is 2. The topological polar surface area (TPSA) is 960 Å². The molecule has 0 aromatic heterocycles. The maximum Gasteiger partial charge on any atom is 0.397 e. The summed E-state index contributed by atoms with van der Waals surface area (Å²) in [5.74, 6) is -5.38. The van der Waals surface area contributed by atoms with Crippen LogP contribution in [-0.4, -0.2) is 370 Å². The highest BCUT2D eigenvalue weighted by molar-refractivity contribution is 7.83. The minimum Gasteiger partial charge on any atom is -0.479 e. The van der Waals surface area contributed by atoms with E-state index in [0.717, 1.165) is 0 Å². The number of carboxylic acid groups (broad SMARTS) is 2. The summed E-state index contributed by atoms with van der Waals surface area (Å²) in [5, 5.41) is 31.9. The molecular weight excluding hydrogens is 1790 g/mol. The van der Waals surface area contributed by atoms with Gasteiger partial charge in [-0.3, -0.25) is 54.6 Å². The van der Waals surface area contributed by atoms with Crippen LogP contribution in [0.2, 0.25) is 0 Å². The number of aliphatic hydroxyl groups excluding tert-OH is 1. The molecule has 0 spiro atoms. The van der Waals surface area contributed by atoms with E-state index >= 15 is 0 Å². The van der Waals surface area contributed by atoms with Crippen LogP contribution in [0.25, 0.3) is 0 Å². The fraction of sp³-hybridized carbons (Fsp3) is 0.938. The van der Waals surface area contributed by atoms with Gasteiger partial charge in [-0.1, -0.05) is 0 Å². The van der Waals surface area contributed by atoms with Crippen molar-refractivity contribution < 1.29 is 283 Å². The highest BCUT2D eigenvalue weighted by atomic mass is 32.3. The SMILES string of the molecule is CO[C@@H]1[C@@H](OS(=O)(=O)O)[C@H](O[C@H]2[C@H](OS(=O)(=O)O)[C@@H](OS(=O)(=O)O)[C@@H](O[C@H]3[C@H](OC)[C@@H](OS(=O)(=O)O)[C@H](O[C@H]4[C@H](OS(=O)(=O)O)[C@@H](OS(=O)(=O)O)C(O)O[C@@H]4COS(=O)(=O)O)O[C@H]3C(=O)O)O[C@@H]2COS(=O)(=O)O)O[C@H](C(=O)O)[C@H]1O[C@H]1O[C@H](COS(=O)(=O)O)[C@@H](OS(=O)(=O)O)[C@H](OS(=O)(=O)O)[C@H]1OS(=O)(=O)O. The van der Waals surface area contributed by atoms with Crippen LogP contribution in [-0.2, 0) is 237 Å². The van der Waals surface area contributed by atoms with Gasteiger partial charge >= 0.3 is 137 Å². The smallest absolute Gasteiger partial charge is 0.397 e. The van der Waals surface area contributed by atoms with E-state index in [2.05, 4.69) is 50.2 Å². The maximum atomic E-state index is 13.3. The second kappa shape index (κ2) is 35.6. The van der Waals surface area contributed by atoms with E-state index in [1.807, 2.05) is 0 Å². The van der Waals surface area contributed by atoms with Crippen LogP contribution in [0, 0.1) is 0 Å². The van der Waals surface area contributed by atoms with Crippen LogP contribution in [0.3, 0.4) is 0 Å².